The van der Waals surface area contributed by atoms with Crippen LogP contribution >= 0.6 is 0 Å². The fourth-order valence-corrected chi connectivity index (χ4v) is 1.21. The van der Waals surface area contributed by atoms with E-state index in [1.165, 1.54) is 9.91 Å². The zero-order valence-corrected chi connectivity index (χ0v) is 8.32. The maximum Gasteiger partial charge on any atom is 0.449 e. The minimum absolute atomic E-state index is 0.100. The summed E-state index contributed by atoms with van der Waals surface area (Å²) in [5, 5.41) is 5.26. The summed E-state index contributed by atoms with van der Waals surface area (Å²) >= 11 is 0. The van der Waals surface area contributed by atoms with Crippen LogP contribution in [-0.4, -0.2) is 49.2 Å². The van der Waals surface area contributed by atoms with Gasteiger partial charge in [0.2, 0.25) is 0 Å². The van der Waals surface area contributed by atoms with Gasteiger partial charge in [-0.15, -0.1) is 5.10 Å². The maximum atomic E-state index is 10.4. The molecule has 0 saturated heterocycles. The van der Waals surface area contributed by atoms with Gasteiger partial charge in [0.25, 0.3) is 0 Å². The van der Waals surface area contributed by atoms with Gasteiger partial charge >= 0.3 is 16.4 Å². The highest BCUT2D eigenvalue weighted by atomic mass is 32.3. The first-order chi connectivity index (χ1) is 5.81. The van der Waals surface area contributed by atoms with Crippen molar-refractivity contribution >= 4 is 16.4 Å². The highest BCUT2D eigenvalue weighted by Gasteiger charge is 2.29. The summed E-state index contributed by atoms with van der Waals surface area (Å²) in [5.41, 5.74) is 0. The molecule has 1 unspecified atom stereocenters. The molecule has 1 atom stereocenters. The van der Waals surface area contributed by atoms with E-state index in [4.69, 9.17) is 4.55 Å². The average molecular weight is 209 g/mol. The molecule has 0 aliphatic carbocycles. The molecule has 7 nitrogen and oxygen atoms in total. The van der Waals surface area contributed by atoms with Crippen LogP contribution in [0.3, 0.4) is 0 Å². The number of hydrazone groups is 1. The molecular formula is C5H11N3O4S. The van der Waals surface area contributed by atoms with Gasteiger partial charge in [-0.3, -0.25) is 9.56 Å². The van der Waals surface area contributed by atoms with Crippen molar-refractivity contribution in [2.45, 2.75) is 13.1 Å². The van der Waals surface area contributed by atoms with Gasteiger partial charge in [-0.05, 0) is 6.92 Å². The first kappa shape index (κ1) is 10.1. The summed E-state index contributed by atoms with van der Waals surface area (Å²) in [5.74, 6) is 0. The highest BCUT2D eigenvalue weighted by molar-refractivity contribution is 7.81. The van der Waals surface area contributed by atoms with Crippen molar-refractivity contribution in [3.63, 3.8) is 0 Å². The quantitative estimate of drug-likeness (QED) is 0.575. The van der Waals surface area contributed by atoms with E-state index in [1.807, 2.05) is 6.92 Å². The summed E-state index contributed by atoms with van der Waals surface area (Å²) in [6.07, 6.45) is -0.100. The average Bonchev–Trinajstić information content (AvgIpc) is 2.15. The van der Waals surface area contributed by atoms with E-state index in [1.54, 1.807) is 14.1 Å². The molecule has 8 heteroatoms. The normalized spacial score (nSPS) is 23.4. The molecule has 0 aromatic heterocycles. The van der Waals surface area contributed by atoms with E-state index in [0.29, 0.717) is 0 Å². The van der Waals surface area contributed by atoms with Gasteiger partial charge in [0.1, 0.15) is 6.17 Å². The number of nitrogens with zero attached hydrogens (tertiary/aromatic N) is 3. The second kappa shape index (κ2) is 3.04. The molecule has 0 radical (unpaired) electrons. The first-order valence-corrected chi connectivity index (χ1v) is 4.89. The minimum Gasteiger partial charge on any atom is -0.323 e. The Hall–Kier alpha value is -1.02. The van der Waals surface area contributed by atoms with Crippen molar-refractivity contribution in [2.75, 3.05) is 14.1 Å². The van der Waals surface area contributed by atoms with Gasteiger partial charge in [-0.1, -0.05) is 0 Å². The number of hydrogen-bond acceptors (Lipinski definition) is 6. The Bertz CT molecular complexity index is 325. The molecule has 1 rings (SSSR count). The second-order valence-electron chi connectivity index (χ2n) is 2.71. The Morgan fingerprint density at radius 3 is 2.38 bits per heavy atom. The Labute approximate surface area is 76.5 Å². The van der Waals surface area contributed by atoms with Crippen molar-refractivity contribution in [2.24, 2.45) is 5.10 Å². The summed E-state index contributed by atoms with van der Waals surface area (Å²) in [6.45, 7) is 1.81. The van der Waals surface area contributed by atoms with Crippen LogP contribution in [0.1, 0.15) is 6.92 Å². The second-order valence-corrected chi connectivity index (χ2v) is 3.73. The number of hydrogen-bond donors (Lipinski definition) is 1. The van der Waals surface area contributed by atoms with Crippen LogP contribution in [0.2, 0.25) is 0 Å². The lowest BCUT2D eigenvalue weighted by atomic mass is 10.5. The Kier molecular flexibility index (Phi) is 2.35. The molecule has 0 amide bonds. The van der Waals surface area contributed by atoms with Crippen molar-refractivity contribution in [3.05, 3.63) is 0 Å². The predicted octanol–water partition coefficient (Wildman–Crippen LogP) is -0.700. The molecular weight excluding hydrogens is 198 g/mol. The fraction of sp³-hybridized carbons (Fsp3) is 0.800. The Morgan fingerprint density at radius 2 is 2.08 bits per heavy atom. The molecule has 1 heterocycles. The van der Waals surface area contributed by atoms with E-state index in [2.05, 4.69) is 9.28 Å². The molecule has 1 aliphatic rings. The van der Waals surface area contributed by atoms with E-state index in [-0.39, 0.29) is 12.2 Å². The fourth-order valence-electron chi connectivity index (χ4n) is 0.869. The van der Waals surface area contributed by atoms with Crippen LogP contribution in [0.5, 0.6) is 0 Å². The molecule has 0 aromatic rings. The van der Waals surface area contributed by atoms with Crippen LogP contribution in [0, 0.1) is 0 Å². The summed E-state index contributed by atoms with van der Waals surface area (Å²) in [4.78, 5) is 1.48. The topological polar surface area (TPSA) is 82.4 Å². The number of amidine groups is 1. The Balaban J connectivity index is 2.78. The lowest BCUT2D eigenvalue weighted by Crippen LogP contribution is -2.36. The number of rotatable bonds is 1. The van der Waals surface area contributed by atoms with Crippen molar-refractivity contribution in [1.82, 2.24) is 9.91 Å². The lowest BCUT2D eigenvalue weighted by Gasteiger charge is -2.20. The van der Waals surface area contributed by atoms with Gasteiger partial charge in [0.05, 0.1) is 0 Å². The van der Waals surface area contributed by atoms with Gasteiger partial charge < -0.3 is 9.08 Å². The zero-order chi connectivity index (χ0) is 10.2. The highest BCUT2D eigenvalue weighted by Crippen LogP contribution is 2.13. The van der Waals surface area contributed by atoms with Gasteiger partial charge in [0.15, 0.2) is 0 Å². The van der Waals surface area contributed by atoms with Crippen LogP contribution in [0.25, 0.3) is 0 Å². The first-order valence-electron chi connectivity index (χ1n) is 3.52. The summed E-state index contributed by atoms with van der Waals surface area (Å²) in [6, 6.07) is -0.141. The van der Waals surface area contributed by atoms with Crippen LogP contribution < -0.4 is 0 Å². The smallest absolute Gasteiger partial charge is 0.323 e. The van der Waals surface area contributed by atoms with Crippen molar-refractivity contribution in [1.29, 1.82) is 0 Å². The van der Waals surface area contributed by atoms with Gasteiger partial charge in [0, 0.05) is 14.1 Å². The Morgan fingerprint density at radius 1 is 1.54 bits per heavy atom. The van der Waals surface area contributed by atoms with E-state index in [0.717, 1.165) is 0 Å². The third-order valence-corrected chi connectivity index (χ3v) is 2.19. The van der Waals surface area contributed by atoms with E-state index < -0.39 is 10.4 Å². The van der Waals surface area contributed by atoms with Crippen molar-refractivity contribution in [3.8, 4) is 0 Å². The lowest BCUT2D eigenvalue weighted by molar-refractivity contribution is 0.192. The van der Waals surface area contributed by atoms with Gasteiger partial charge in [-0.25, -0.2) is 0 Å². The van der Waals surface area contributed by atoms with Crippen LogP contribution in [-0.2, 0) is 14.6 Å². The molecule has 0 bridgehead atoms. The molecule has 0 aromatic carbocycles. The monoisotopic (exact) mass is 209 g/mol. The molecule has 13 heavy (non-hydrogen) atoms. The predicted molar refractivity (Wildman–Crippen MR) is 45.1 cm³/mol. The summed E-state index contributed by atoms with van der Waals surface area (Å²) < 4.78 is 33.3. The van der Waals surface area contributed by atoms with Crippen molar-refractivity contribution < 1.29 is 17.2 Å². The molecule has 76 valence electrons. The molecule has 1 aliphatic heterocycles. The molecule has 1 N–H and O–H groups in total. The van der Waals surface area contributed by atoms with E-state index >= 15 is 0 Å². The standard InChI is InChI=1S/C5H11N3O4S/c1-4-7(2)5(6-8(4)3)12-13(9,10)11/h4H,1-3H3,(H,9,10,11). The summed E-state index contributed by atoms with van der Waals surface area (Å²) in [7, 11) is -1.21. The maximum absolute atomic E-state index is 10.4. The molecule has 0 saturated carbocycles. The third-order valence-electron chi connectivity index (χ3n) is 1.83. The van der Waals surface area contributed by atoms with Crippen LogP contribution in [0.4, 0.5) is 0 Å². The molecule has 0 spiro atoms. The van der Waals surface area contributed by atoms with E-state index in [9.17, 15) is 8.42 Å². The zero-order valence-electron chi connectivity index (χ0n) is 7.50. The van der Waals surface area contributed by atoms with Gasteiger partial charge in [-0.2, -0.15) is 8.42 Å². The molecule has 0 fully saturated rings. The SMILES string of the molecule is CC1N(C)N=C(OS(=O)(=O)O)N1C. The van der Waals surface area contributed by atoms with Crippen LogP contribution in [0.15, 0.2) is 5.10 Å². The minimum atomic E-state index is -4.49. The largest absolute Gasteiger partial charge is 0.449 e. The third kappa shape index (κ3) is 2.22.